The van der Waals surface area contributed by atoms with E-state index in [1.165, 1.54) is 19.1 Å². The fraction of sp³-hybridized carbons (Fsp3) is 0.0500. The molecule has 5 nitrogen and oxygen atoms in total. The van der Waals surface area contributed by atoms with Gasteiger partial charge in [-0.25, -0.2) is 0 Å². The third kappa shape index (κ3) is 4.90. The van der Waals surface area contributed by atoms with Gasteiger partial charge in [-0.1, -0.05) is 36.4 Å². The van der Waals surface area contributed by atoms with Crippen LogP contribution in [-0.2, 0) is 25.5 Å². The van der Waals surface area contributed by atoms with Crippen molar-refractivity contribution in [2.75, 3.05) is 5.32 Å². The Morgan fingerprint density at radius 3 is 1.74 bits per heavy atom. The fourth-order valence-corrected chi connectivity index (χ4v) is 5.78. The summed E-state index contributed by atoms with van der Waals surface area (Å²) >= 11 is 0. The van der Waals surface area contributed by atoms with Gasteiger partial charge in [0, 0.05) is 22.4 Å². The molecule has 0 aliphatic heterocycles. The molecule has 7 heteroatoms. The number of hydrogen-bond donors (Lipinski definition) is 1. The van der Waals surface area contributed by atoms with Crippen LogP contribution in [0.25, 0.3) is 0 Å². The van der Waals surface area contributed by atoms with E-state index in [0.717, 1.165) is 9.79 Å². The van der Waals surface area contributed by atoms with Crippen LogP contribution >= 0.6 is 0 Å². The van der Waals surface area contributed by atoms with Crippen LogP contribution in [0.4, 0.5) is 5.69 Å². The molecule has 1 amide bonds. The molecule has 3 aromatic rings. The van der Waals surface area contributed by atoms with E-state index in [-0.39, 0.29) is 10.8 Å². The van der Waals surface area contributed by atoms with E-state index in [4.69, 9.17) is 0 Å². The Morgan fingerprint density at radius 1 is 0.815 bits per heavy atom. The van der Waals surface area contributed by atoms with Gasteiger partial charge in [-0.2, -0.15) is 8.42 Å². The van der Waals surface area contributed by atoms with Crippen LogP contribution in [0.15, 0.2) is 103 Å². The van der Waals surface area contributed by atoms with Crippen molar-refractivity contribution in [1.82, 2.24) is 0 Å². The lowest BCUT2D eigenvalue weighted by Crippen LogP contribution is -2.06. The number of sulfonamides is 1. The van der Waals surface area contributed by atoms with Crippen LogP contribution in [0, 0.1) is 0 Å². The molecule has 0 bridgehead atoms. The molecular formula is C20H18N2O3S2. The van der Waals surface area contributed by atoms with Crippen molar-refractivity contribution in [3.63, 3.8) is 0 Å². The van der Waals surface area contributed by atoms with Crippen LogP contribution in [0.2, 0.25) is 0 Å². The number of benzene rings is 3. The Morgan fingerprint density at radius 2 is 1.30 bits per heavy atom. The number of carbonyl (C=O) groups is 1. The van der Waals surface area contributed by atoms with Gasteiger partial charge in [-0.3, -0.25) is 4.79 Å². The molecule has 0 heterocycles. The molecule has 0 saturated heterocycles. The van der Waals surface area contributed by atoms with Crippen LogP contribution in [-0.4, -0.2) is 14.3 Å². The van der Waals surface area contributed by atoms with Gasteiger partial charge in [0.05, 0.1) is 4.90 Å². The standard InChI is InChI=1S/C20H18N2O3S2/c1-16(23)21-17-12-14-20(15-13-17)27(24,25)22-26(18-8-4-2-5-9-18)19-10-6-3-7-11-19/h2-15H,1H3,(H,21,23). The minimum atomic E-state index is -3.88. The lowest BCUT2D eigenvalue weighted by molar-refractivity contribution is -0.114. The Balaban J connectivity index is 2.05. The van der Waals surface area contributed by atoms with Crippen molar-refractivity contribution in [3.8, 4) is 0 Å². The molecule has 0 radical (unpaired) electrons. The summed E-state index contributed by atoms with van der Waals surface area (Å²) in [6, 6.07) is 24.7. The van der Waals surface area contributed by atoms with E-state index in [1.54, 1.807) is 12.1 Å². The molecule has 3 rings (SSSR count). The van der Waals surface area contributed by atoms with Gasteiger partial charge in [-0.05, 0) is 59.2 Å². The maximum atomic E-state index is 12.9. The summed E-state index contributed by atoms with van der Waals surface area (Å²) in [6.07, 6.45) is 0. The van der Waals surface area contributed by atoms with Crippen molar-refractivity contribution < 1.29 is 13.2 Å². The second-order valence-electron chi connectivity index (χ2n) is 5.67. The quantitative estimate of drug-likeness (QED) is 0.698. The van der Waals surface area contributed by atoms with Crippen LogP contribution in [0.5, 0.6) is 0 Å². The summed E-state index contributed by atoms with van der Waals surface area (Å²) in [5.74, 6) is -0.218. The molecular weight excluding hydrogens is 380 g/mol. The van der Waals surface area contributed by atoms with Crippen molar-refractivity contribution in [1.29, 1.82) is 0 Å². The van der Waals surface area contributed by atoms with E-state index in [9.17, 15) is 13.2 Å². The van der Waals surface area contributed by atoms with E-state index in [1.807, 2.05) is 60.7 Å². The van der Waals surface area contributed by atoms with Gasteiger partial charge in [0.15, 0.2) is 0 Å². The largest absolute Gasteiger partial charge is 0.326 e. The molecule has 0 atom stereocenters. The van der Waals surface area contributed by atoms with E-state index in [2.05, 4.69) is 9.08 Å². The average molecular weight is 399 g/mol. The first-order chi connectivity index (χ1) is 13.0. The number of nitrogens with zero attached hydrogens (tertiary/aromatic N) is 1. The highest BCUT2D eigenvalue weighted by atomic mass is 32.3. The normalized spacial score (nSPS) is 11.2. The molecule has 0 aromatic heterocycles. The summed E-state index contributed by atoms with van der Waals surface area (Å²) < 4.78 is 30.0. The van der Waals surface area contributed by atoms with Gasteiger partial charge in [0.25, 0.3) is 10.0 Å². The topological polar surface area (TPSA) is 75.6 Å². The second kappa shape index (κ2) is 8.28. The van der Waals surface area contributed by atoms with Gasteiger partial charge < -0.3 is 5.32 Å². The molecule has 0 unspecified atom stereocenters. The number of nitrogens with one attached hydrogen (secondary N) is 1. The average Bonchev–Trinajstić information content (AvgIpc) is 2.67. The monoisotopic (exact) mass is 398 g/mol. The smallest absolute Gasteiger partial charge is 0.288 e. The number of amides is 1. The first-order valence-corrected chi connectivity index (χ1v) is 10.8. The lowest BCUT2D eigenvalue weighted by atomic mass is 10.3. The second-order valence-corrected chi connectivity index (χ2v) is 9.20. The zero-order valence-corrected chi connectivity index (χ0v) is 16.2. The summed E-state index contributed by atoms with van der Waals surface area (Å²) in [7, 11) is -4.84. The third-order valence-corrected chi connectivity index (χ3v) is 7.26. The van der Waals surface area contributed by atoms with E-state index in [0.29, 0.717) is 5.69 Å². The molecule has 0 spiro atoms. The van der Waals surface area contributed by atoms with Gasteiger partial charge in [-0.15, -0.1) is 3.77 Å². The molecule has 0 aliphatic rings. The van der Waals surface area contributed by atoms with Gasteiger partial charge in [0.2, 0.25) is 5.91 Å². The van der Waals surface area contributed by atoms with Crippen LogP contribution < -0.4 is 5.32 Å². The first kappa shape index (κ1) is 19.0. The lowest BCUT2D eigenvalue weighted by Gasteiger charge is -2.09. The highest BCUT2D eigenvalue weighted by Gasteiger charge is 2.16. The van der Waals surface area contributed by atoms with Crippen molar-refractivity contribution in [2.45, 2.75) is 21.6 Å². The summed E-state index contributed by atoms with van der Waals surface area (Å²) in [4.78, 5) is 12.8. The highest BCUT2D eigenvalue weighted by molar-refractivity contribution is 8.00. The zero-order valence-electron chi connectivity index (χ0n) is 14.6. The number of rotatable bonds is 5. The number of anilines is 1. The van der Waals surface area contributed by atoms with Crippen molar-refractivity contribution in [2.24, 2.45) is 3.77 Å². The van der Waals surface area contributed by atoms with E-state index >= 15 is 0 Å². The summed E-state index contributed by atoms with van der Waals surface area (Å²) in [5.41, 5.74) is 0.534. The predicted molar refractivity (Wildman–Crippen MR) is 107 cm³/mol. The molecule has 0 fully saturated rings. The molecule has 138 valence electrons. The predicted octanol–water partition coefficient (Wildman–Crippen LogP) is 4.25. The molecule has 3 aromatic carbocycles. The van der Waals surface area contributed by atoms with Gasteiger partial charge in [0.1, 0.15) is 0 Å². The van der Waals surface area contributed by atoms with Crippen molar-refractivity contribution in [3.05, 3.63) is 84.9 Å². The van der Waals surface area contributed by atoms with E-state index < -0.39 is 20.7 Å². The maximum Gasteiger partial charge on any atom is 0.288 e. The first-order valence-electron chi connectivity index (χ1n) is 8.16. The minimum absolute atomic E-state index is 0.0842. The van der Waals surface area contributed by atoms with Gasteiger partial charge >= 0.3 is 0 Å². The molecule has 27 heavy (non-hydrogen) atoms. The van der Waals surface area contributed by atoms with Crippen LogP contribution in [0.1, 0.15) is 6.92 Å². The third-order valence-electron chi connectivity index (χ3n) is 3.58. The summed E-state index contributed by atoms with van der Waals surface area (Å²) in [5, 5.41) is 2.61. The maximum absolute atomic E-state index is 12.9. The minimum Gasteiger partial charge on any atom is -0.326 e. The fourth-order valence-electron chi connectivity index (χ4n) is 2.38. The SMILES string of the molecule is CC(=O)Nc1ccc(S(=O)(=O)N=S(c2ccccc2)c2ccccc2)cc1. The number of carbonyl (C=O) groups excluding carboxylic acids is 1. The van der Waals surface area contributed by atoms with Crippen molar-refractivity contribution >= 4 is 32.3 Å². The number of hydrogen-bond acceptors (Lipinski definition) is 3. The summed E-state index contributed by atoms with van der Waals surface area (Å²) in [6.45, 7) is 1.39. The highest BCUT2D eigenvalue weighted by Crippen LogP contribution is 2.23. The Bertz CT molecular complexity index is 1020. The van der Waals surface area contributed by atoms with Crippen LogP contribution in [0.3, 0.4) is 0 Å². The zero-order chi connectivity index (χ0) is 19.3. The Kier molecular flexibility index (Phi) is 5.83. The molecule has 1 N–H and O–H groups in total. The molecule has 0 aliphatic carbocycles. The Hall–Kier alpha value is -2.77. The Labute approximate surface area is 161 Å². The molecule has 0 saturated carbocycles.